The third-order valence-electron chi connectivity index (χ3n) is 3.96. The van der Waals surface area contributed by atoms with Crippen LogP contribution in [0.25, 0.3) is 11.6 Å². The minimum atomic E-state index is 0.751. The predicted octanol–water partition coefficient (Wildman–Crippen LogP) is 5.99. The van der Waals surface area contributed by atoms with Crippen molar-refractivity contribution in [2.75, 3.05) is 19.0 Å². The summed E-state index contributed by atoms with van der Waals surface area (Å²) in [6.07, 6.45) is 2.22. The first kappa shape index (κ1) is 16.4. The highest BCUT2D eigenvalue weighted by Gasteiger charge is 2.05. The van der Waals surface area contributed by atoms with E-state index in [-0.39, 0.29) is 0 Å². The van der Waals surface area contributed by atoms with Gasteiger partial charge in [-0.25, -0.2) is 0 Å². The number of nitrogens with zero attached hydrogens (tertiary/aromatic N) is 1. The van der Waals surface area contributed by atoms with Gasteiger partial charge in [0, 0.05) is 24.8 Å². The number of hydrogen-bond acceptors (Lipinski definition) is 1. The van der Waals surface area contributed by atoms with Crippen LogP contribution < -0.4 is 4.90 Å². The van der Waals surface area contributed by atoms with Crippen LogP contribution in [0.2, 0.25) is 5.02 Å². The molecular formula is C22H20ClN. The van der Waals surface area contributed by atoms with E-state index in [0.29, 0.717) is 0 Å². The molecular weight excluding hydrogens is 314 g/mol. The van der Waals surface area contributed by atoms with Crippen LogP contribution in [-0.2, 0) is 0 Å². The molecule has 0 spiro atoms. The molecule has 0 aliphatic heterocycles. The fourth-order valence-electron chi connectivity index (χ4n) is 2.62. The average Bonchev–Trinajstić information content (AvgIpc) is 2.62. The topological polar surface area (TPSA) is 3.24 Å². The van der Waals surface area contributed by atoms with Gasteiger partial charge in [-0.1, -0.05) is 66.2 Å². The smallest absolute Gasteiger partial charge is 0.0406 e. The Bertz CT molecular complexity index is 816. The molecule has 2 heteroatoms. The molecule has 0 fully saturated rings. The SMILES string of the molecule is CN(C)c1ccc(/C=C(\c2ccccc2)c2ccc(Cl)cc2)cc1. The maximum absolute atomic E-state index is 6.05. The van der Waals surface area contributed by atoms with Gasteiger partial charge in [0.1, 0.15) is 0 Å². The average molecular weight is 334 g/mol. The van der Waals surface area contributed by atoms with Crippen LogP contribution in [0.5, 0.6) is 0 Å². The number of rotatable bonds is 4. The van der Waals surface area contributed by atoms with Crippen molar-refractivity contribution < 1.29 is 0 Å². The van der Waals surface area contributed by atoms with E-state index in [1.54, 1.807) is 0 Å². The van der Waals surface area contributed by atoms with Gasteiger partial charge < -0.3 is 4.90 Å². The lowest BCUT2D eigenvalue weighted by Gasteiger charge is -2.13. The van der Waals surface area contributed by atoms with Gasteiger partial charge in [0.25, 0.3) is 0 Å². The summed E-state index contributed by atoms with van der Waals surface area (Å²) >= 11 is 6.05. The fraction of sp³-hybridized carbons (Fsp3) is 0.0909. The third kappa shape index (κ3) is 3.87. The van der Waals surface area contributed by atoms with Gasteiger partial charge in [-0.15, -0.1) is 0 Å². The van der Waals surface area contributed by atoms with Gasteiger partial charge in [-0.05, 0) is 52.6 Å². The van der Waals surface area contributed by atoms with Crippen LogP contribution in [0.1, 0.15) is 16.7 Å². The lowest BCUT2D eigenvalue weighted by atomic mass is 9.96. The molecule has 1 nitrogen and oxygen atoms in total. The van der Waals surface area contributed by atoms with E-state index in [1.165, 1.54) is 22.4 Å². The van der Waals surface area contributed by atoms with Crippen molar-refractivity contribution in [3.8, 4) is 0 Å². The molecule has 0 heterocycles. The Hall–Kier alpha value is -2.51. The van der Waals surface area contributed by atoms with E-state index >= 15 is 0 Å². The van der Waals surface area contributed by atoms with E-state index in [2.05, 4.69) is 71.6 Å². The number of anilines is 1. The van der Waals surface area contributed by atoms with Crippen LogP contribution >= 0.6 is 11.6 Å². The van der Waals surface area contributed by atoms with Crippen LogP contribution in [0, 0.1) is 0 Å². The molecule has 0 bridgehead atoms. The Morgan fingerprint density at radius 1 is 0.750 bits per heavy atom. The van der Waals surface area contributed by atoms with Crippen molar-refractivity contribution in [2.24, 2.45) is 0 Å². The second kappa shape index (κ2) is 7.37. The van der Waals surface area contributed by atoms with Gasteiger partial charge in [-0.2, -0.15) is 0 Å². The molecule has 3 aromatic rings. The molecule has 0 aromatic heterocycles. The molecule has 0 atom stereocenters. The van der Waals surface area contributed by atoms with E-state index in [0.717, 1.165) is 10.6 Å². The van der Waals surface area contributed by atoms with E-state index in [9.17, 15) is 0 Å². The first-order valence-electron chi connectivity index (χ1n) is 7.94. The summed E-state index contributed by atoms with van der Waals surface area (Å²) in [5.41, 5.74) is 5.90. The minimum absolute atomic E-state index is 0.751. The van der Waals surface area contributed by atoms with Crippen molar-refractivity contribution in [1.29, 1.82) is 0 Å². The summed E-state index contributed by atoms with van der Waals surface area (Å²) in [7, 11) is 4.10. The molecule has 3 rings (SSSR count). The molecule has 3 aromatic carbocycles. The number of hydrogen-bond donors (Lipinski definition) is 0. The van der Waals surface area contributed by atoms with Gasteiger partial charge in [-0.3, -0.25) is 0 Å². The van der Waals surface area contributed by atoms with Gasteiger partial charge in [0.15, 0.2) is 0 Å². The molecule has 120 valence electrons. The molecule has 0 aliphatic carbocycles. The zero-order chi connectivity index (χ0) is 16.9. The van der Waals surface area contributed by atoms with Crippen LogP contribution in [0.15, 0.2) is 78.9 Å². The highest BCUT2D eigenvalue weighted by molar-refractivity contribution is 6.30. The van der Waals surface area contributed by atoms with Crippen LogP contribution in [-0.4, -0.2) is 14.1 Å². The largest absolute Gasteiger partial charge is 0.378 e. The third-order valence-corrected chi connectivity index (χ3v) is 4.21. The van der Waals surface area contributed by atoms with E-state index < -0.39 is 0 Å². The molecule has 24 heavy (non-hydrogen) atoms. The molecule has 0 saturated heterocycles. The Balaban J connectivity index is 2.05. The summed E-state index contributed by atoms with van der Waals surface area (Å²) in [5.74, 6) is 0. The Labute approximate surface area is 148 Å². The summed E-state index contributed by atoms with van der Waals surface area (Å²) in [5, 5.41) is 0.751. The van der Waals surface area contributed by atoms with Crippen molar-refractivity contribution in [1.82, 2.24) is 0 Å². The summed E-state index contributed by atoms with van der Waals surface area (Å²) in [4.78, 5) is 2.10. The highest BCUT2D eigenvalue weighted by Crippen LogP contribution is 2.27. The van der Waals surface area contributed by atoms with Gasteiger partial charge in [0.2, 0.25) is 0 Å². The molecule has 0 saturated carbocycles. The van der Waals surface area contributed by atoms with Gasteiger partial charge >= 0.3 is 0 Å². The first-order chi connectivity index (χ1) is 11.6. The first-order valence-corrected chi connectivity index (χ1v) is 8.32. The Morgan fingerprint density at radius 3 is 1.92 bits per heavy atom. The molecule has 0 aliphatic rings. The number of halogens is 1. The second-order valence-corrected chi connectivity index (χ2v) is 6.35. The van der Waals surface area contributed by atoms with Gasteiger partial charge in [0.05, 0.1) is 0 Å². The standard InChI is InChI=1S/C22H20ClN/c1-24(2)21-14-8-17(9-15-21)16-22(18-6-4-3-5-7-18)19-10-12-20(23)13-11-19/h3-16H,1-2H3/b22-16+. The normalized spacial score (nSPS) is 11.4. The molecule has 0 N–H and O–H groups in total. The van der Waals surface area contributed by atoms with Crippen molar-refractivity contribution in [3.63, 3.8) is 0 Å². The Kier molecular flexibility index (Phi) is 5.02. The van der Waals surface area contributed by atoms with E-state index in [1.807, 2.05) is 32.3 Å². The molecule has 0 unspecified atom stereocenters. The van der Waals surface area contributed by atoms with Crippen LogP contribution in [0.3, 0.4) is 0 Å². The van der Waals surface area contributed by atoms with E-state index in [4.69, 9.17) is 11.6 Å². The maximum Gasteiger partial charge on any atom is 0.0406 e. The zero-order valence-corrected chi connectivity index (χ0v) is 14.7. The van der Waals surface area contributed by atoms with Crippen LogP contribution in [0.4, 0.5) is 5.69 Å². The minimum Gasteiger partial charge on any atom is -0.378 e. The zero-order valence-electron chi connectivity index (χ0n) is 13.9. The summed E-state index contributed by atoms with van der Waals surface area (Å²) in [6.45, 7) is 0. The lowest BCUT2D eigenvalue weighted by molar-refractivity contribution is 1.13. The second-order valence-electron chi connectivity index (χ2n) is 5.92. The maximum atomic E-state index is 6.05. The summed E-state index contributed by atoms with van der Waals surface area (Å²) < 4.78 is 0. The number of benzene rings is 3. The lowest BCUT2D eigenvalue weighted by Crippen LogP contribution is -2.07. The van der Waals surface area contributed by atoms with Crippen molar-refractivity contribution >= 4 is 28.9 Å². The Morgan fingerprint density at radius 2 is 1.33 bits per heavy atom. The molecule has 0 radical (unpaired) electrons. The molecule has 0 amide bonds. The fourth-order valence-corrected chi connectivity index (χ4v) is 2.74. The predicted molar refractivity (Wildman–Crippen MR) is 106 cm³/mol. The summed E-state index contributed by atoms with van der Waals surface area (Å²) in [6, 6.07) is 27.0. The highest BCUT2D eigenvalue weighted by atomic mass is 35.5. The monoisotopic (exact) mass is 333 g/mol. The van der Waals surface area contributed by atoms with Crippen molar-refractivity contribution in [3.05, 3.63) is 101 Å². The quantitative estimate of drug-likeness (QED) is 0.530. The van der Waals surface area contributed by atoms with Crippen molar-refractivity contribution in [2.45, 2.75) is 0 Å².